The third kappa shape index (κ3) is 5.79. The fourth-order valence-electron chi connectivity index (χ4n) is 4.64. The first-order valence-electron chi connectivity index (χ1n) is 11.4. The summed E-state index contributed by atoms with van der Waals surface area (Å²) in [4.78, 5) is 34.8. The molecule has 0 spiro atoms. The van der Waals surface area contributed by atoms with Crippen LogP contribution < -0.4 is 5.32 Å². The predicted octanol–water partition coefficient (Wildman–Crippen LogP) is 4.93. The number of esters is 1. The van der Waals surface area contributed by atoms with Crippen molar-refractivity contribution >= 4 is 52.3 Å². The van der Waals surface area contributed by atoms with E-state index in [4.69, 9.17) is 38.0 Å². The van der Waals surface area contributed by atoms with Gasteiger partial charge in [-0.15, -0.1) is 11.3 Å². The number of nitrogens with one attached hydrogen (secondary N) is 1. The molecule has 0 bridgehead atoms. The molecular formula is C24H24Cl2F2N4O4S. The first kappa shape index (κ1) is 27.4. The molecule has 0 aliphatic carbocycles. The number of hydrogen-bond acceptors (Lipinski definition) is 8. The topological polar surface area (TPSA) is 104 Å². The molecule has 4 rings (SSSR count). The van der Waals surface area contributed by atoms with Gasteiger partial charge in [0.15, 0.2) is 10.8 Å². The van der Waals surface area contributed by atoms with Gasteiger partial charge in [-0.3, -0.25) is 14.7 Å². The number of benzene rings is 1. The number of methoxy groups -OCH3 is 1. The van der Waals surface area contributed by atoms with E-state index in [9.17, 15) is 18.4 Å². The van der Waals surface area contributed by atoms with Crippen molar-refractivity contribution in [2.45, 2.75) is 50.2 Å². The maximum atomic E-state index is 14.8. The van der Waals surface area contributed by atoms with Gasteiger partial charge in [-0.1, -0.05) is 29.3 Å². The highest BCUT2D eigenvalue weighted by molar-refractivity contribution is 7.11. The lowest BCUT2D eigenvalue weighted by molar-refractivity contribution is -0.137. The number of halogens is 4. The fraction of sp³-hybridized carbons (Fsp3) is 0.417. The maximum Gasteiger partial charge on any atom is 0.338 e. The van der Waals surface area contributed by atoms with Crippen molar-refractivity contribution < 1.29 is 28.2 Å². The lowest BCUT2D eigenvalue weighted by atomic mass is 9.95. The van der Waals surface area contributed by atoms with Gasteiger partial charge in [-0.05, 0) is 25.5 Å². The van der Waals surface area contributed by atoms with Crippen LogP contribution in [0.5, 0.6) is 0 Å². The number of carboxylic acids is 1. The van der Waals surface area contributed by atoms with E-state index in [1.807, 2.05) is 0 Å². The first-order chi connectivity index (χ1) is 17.5. The number of aromatic nitrogens is 1. The van der Waals surface area contributed by atoms with Crippen LogP contribution >= 0.6 is 34.5 Å². The standard InChI is InChI=1S/C24H24Cl2F2N4O4S/c1-12-24(27,28)10-14(4-6-18(33)34)32(12)11-17-19(23(35)36-2)20(15-5-3-13(25)9-16(15)26)31-21(30-17)22-29-7-8-37-22/h3,5,7-9,12,14,20H,4,6,10-11H2,1-2H3,(H,30,31)(H,33,34)/t12?,14-,20+/m1/s1. The monoisotopic (exact) mass is 572 g/mol. The molecule has 2 N–H and O–H groups in total. The van der Waals surface area contributed by atoms with Crippen LogP contribution in [0.15, 0.2) is 46.0 Å². The second kappa shape index (κ2) is 11.0. The smallest absolute Gasteiger partial charge is 0.338 e. The number of hydrogen-bond donors (Lipinski definition) is 2. The highest BCUT2D eigenvalue weighted by atomic mass is 35.5. The summed E-state index contributed by atoms with van der Waals surface area (Å²) in [6.07, 6.45) is 0.895. The number of likely N-dealkylation sites (tertiary alicyclic amines) is 1. The van der Waals surface area contributed by atoms with Crippen LogP contribution in [0, 0.1) is 0 Å². The van der Waals surface area contributed by atoms with E-state index in [0.717, 1.165) is 0 Å². The van der Waals surface area contributed by atoms with E-state index in [1.54, 1.807) is 23.7 Å². The fourth-order valence-corrected chi connectivity index (χ4v) is 5.73. The van der Waals surface area contributed by atoms with Crippen LogP contribution in [0.1, 0.15) is 42.8 Å². The van der Waals surface area contributed by atoms with Gasteiger partial charge in [0.25, 0.3) is 5.92 Å². The molecule has 13 heteroatoms. The van der Waals surface area contributed by atoms with Crippen LogP contribution in [0.3, 0.4) is 0 Å². The SMILES string of the molecule is COC(=O)C1=C(CN2C(C)C(F)(F)C[C@H]2CCC(=O)O)NC(c2nccs2)=N[C@H]1c1ccc(Cl)cc1Cl. The van der Waals surface area contributed by atoms with Gasteiger partial charge in [0.05, 0.1) is 18.7 Å². The minimum Gasteiger partial charge on any atom is -0.481 e. The lowest BCUT2D eigenvalue weighted by Crippen LogP contribution is -2.45. The largest absolute Gasteiger partial charge is 0.481 e. The Hall–Kier alpha value is -2.60. The lowest BCUT2D eigenvalue weighted by Gasteiger charge is -2.33. The van der Waals surface area contributed by atoms with Crippen molar-refractivity contribution in [2.75, 3.05) is 13.7 Å². The Kier molecular flexibility index (Phi) is 8.17. The van der Waals surface area contributed by atoms with Crippen LogP contribution in [-0.2, 0) is 14.3 Å². The number of carbonyl (C=O) groups is 2. The van der Waals surface area contributed by atoms with E-state index in [-0.39, 0.29) is 30.0 Å². The van der Waals surface area contributed by atoms with Crippen LogP contribution in [0.2, 0.25) is 10.0 Å². The molecule has 1 aromatic carbocycles. The zero-order valence-corrected chi connectivity index (χ0v) is 22.2. The Morgan fingerprint density at radius 2 is 2.11 bits per heavy atom. The van der Waals surface area contributed by atoms with E-state index in [1.165, 1.54) is 36.3 Å². The molecule has 0 saturated carbocycles. The van der Waals surface area contributed by atoms with Crippen LogP contribution in [0.4, 0.5) is 8.78 Å². The summed E-state index contributed by atoms with van der Waals surface area (Å²) in [5, 5.41) is 15.2. The molecule has 198 valence electrons. The summed E-state index contributed by atoms with van der Waals surface area (Å²) in [5.41, 5.74) is 0.876. The number of aliphatic carboxylic acids is 1. The minimum absolute atomic E-state index is 0.0377. The van der Waals surface area contributed by atoms with Crippen molar-refractivity contribution in [3.8, 4) is 0 Å². The normalized spacial score (nSPS) is 23.5. The van der Waals surface area contributed by atoms with E-state index < -0.39 is 42.4 Å². The highest BCUT2D eigenvalue weighted by Crippen LogP contribution is 2.42. The first-order valence-corrected chi connectivity index (χ1v) is 13.0. The van der Waals surface area contributed by atoms with Crippen molar-refractivity contribution in [3.63, 3.8) is 0 Å². The second-order valence-corrected chi connectivity index (χ2v) is 10.5. The molecule has 3 heterocycles. The number of rotatable bonds is 8. The van der Waals surface area contributed by atoms with Crippen molar-refractivity contribution in [2.24, 2.45) is 4.99 Å². The summed E-state index contributed by atoms with van der Waals surface area (Å²) in [7, 11) is 1.22. The van der Waals surface area contributed by atoms with Crippen LogP contribution in [0.25, 0.3) is 0 Å². The summed E-state index contributed by atoms with van der Waals surface area (Å²) < 4.78 is 34.7. The van der Waals surface area contributed by atoms with Crippen molar-refractivity contribution in [1.29, 1.82) is 0 Å². The van der Waals surface area contributed by atoms with Gasteiger partial charge in [-0.25, -0.2) is 18.6 Å². The number of carboxylic acid groups (broad SMARTS) is 1. The van der Waals surface area contributed by atoms with Gasteiger partial charge in [0, 0.05) is 58.3 Å². The third-order valence-electron chi connectivity index (χ3n) is 6.54. The molecule has 1 saturated heterocycles. The molecule has 1 unspecified atom stereocenters. The van der Waals surface area contributed by atoms with Gasteiger partial charge in [-0.2, -0.15) is 0 Å². The Bertz CT molecular complexity index is 1260. The van der Waals surface area contributed by atoms with E-state index in [0.29, 0.717) is 27.1 Å². The highest BCUT2D eigenvalue weighted by Gasteiger charge is 2.51. The summed E-state index contributed by atoms with van der Waals surface area (Å²) in [6, 6.07) is 1.95. The average Bonchev–Trinajstić information content (AvgIpc) is 3.45. The number of carbonyl (C=O) groups excluding carboxylic acids is 1. The van der Waals surface area contributed by atoms with E-state index in [2.05, 4.69) is 10.3 Å². The summed E-state index contributed by atoms with van der Waals surface area (Å²) in [5.74, 6) is -4.46. The molecule has 0 radical (unpaired) electrons. The Balaban J connectivity index is 1.81. The quantitative estimate of drug-likeness (QED) is 0.432. The van der Waals surface area contributed by atoms with Gasteiger partial charge in [0.2, 0.25) is 0 Å². The molecule has 2 aliphatic heterocycles. The number of alkyl halides is 2. The number of amidine groups is 1. The van der Waals surface area contributed by atoms with Crippen molar-refractivity contribution in [3.05, 3.63) is 61.7 Å². The van der Waals surface area contributed by atoms with E-state index >= 15 is 0 Å². The number of nitrogens with zero attached hydrogens (tertiary/aromatic N) is 3. The average molecular weight is 573 g/mol. The summed E-state index contributed by atoms with van der Waals surface area (Å²) >= 11 is 13.9. The minimum atomic E-state index is -3.03. The molecular weight excluding hydrogens is 549 g/mol. The molecule has 2 aliphatic rings. The predicted molar refractivity (Wildman–Crippen MR) is 136 cm³/mol. The molecule has 1 fully saturated rings. The number of thiazole rings is 1. The zero-order chi connectivity index (χ0) is 26.9. The maximum absolute atomic E-state index is 14.8. The second-order valence-electron chi connectivity index (χ2n) is 8.79. The Morgan fingerprint density at radius 3 is 2.73 bits per heavy atom. The number of aliphatic imine (C=N–C) groups is 1. The van der Waals surface area contributed by atoms with Gasteiger partial charge < -0.3 is 15.2 Å². The molecule has 37 heavy (non-hydrogen) atoms. The molecule has 8 nitrogen and oxygen atoms in total. The molecule has 0 amide bonds. The number of ether oxygens (including phenoxy) is 1. The molecule has 3 atom stereocenters. The summed E-state index contributed by atoms with van der Waals surface area (Å²) in [6.45, 7) is 1.29. The molecule has 1 aromatic heterocycles. The Labute approximate surface area is 225 Å². The van der Waals surface area contributed by atoms with Gasteiger partial charge in [0.1, 0.15) is 6.04 Å². The van der Waals surface area contributed by atoms with Crippen molar-refractivity contribution in [1.82, 2.24) is 15.2 Å². The zero-order valence-electron chi connectivity index (χ0n) is 19.9. The van der Waals surface area contributed by atoms with Gasteiger partial charge >= 0.3 is 11.9 Å². The third-order valence-corrected chi connectivity index (χ3v) is 7.88. The van der Waals surface area contributed by atoms with Crippen LogP contribution in [-0.4, -0.2) is 64.4 Å². The molecule has 2 aromatic rings. The Morgan fingerprint density at radius 1 is 1.35 bits per heavy atom.